The minimum atomic E-state index is -1.74. The van der Waals surface area contributed by atoms with Crippen LogP contribution in [0.1, 0.15) is 144 Å². The third kappa shape index (κ3) is 20.0. The lowest BCUT2D eigenvalue weighted by molar-refractivity contribution is -0.160. The first-order valence-corrected chi connectivity index (χ1v) is 34.4. The van der Waals surface area contributed by atoms with E-state index in [9.17, 15) is 52.7 Å². The summed E-state index contributed by atoms with van der Waals surface area (Å²) in [5, 5.41) is 11.2. The lowest BCUT2D eigenvalue weighted by Gasteiger charge is -2.45. The van der Waals surface area contributed by atoms with Crippen LogP contribution in [0.25, 0.3) is 0 Å². The molecule has 0 radical (unpaired) electrons. The maximum Gasteiger partial charge on any atom is 0.246 e. The van der Waals surface area contributed by atoms with Gasteiger partial charge in [0.2, 0.25) is 70.9 Å². The van der Waals surface area contributed by atoms with Crippen molar-refractivity contribution in [2.24, 2.45) is 11.8 Å². The molecule has 27 heteroatoms. The third-order valence-electron chi connectivity index (χ3n) is 19.3. The number of hydrogen-bond donors (Lipinski definition) is 4. The van der Waals surface area contributed by atoms with E-state index < -0.39 is 156 Å². The highest BCUT2D eigenvalue weighted by molar-refractivity contribution is 9.10. The van der Waals surface area contributed by atoms with Gasteiger partial charge in [0.15, 0.2) is 0 Å². The molecule has 532 valence electrons. The maximum absolute atomic E-state index is 15.1. The van der Waals surface area contributed by atoms with Gasteiger partial charge < -0.3 is 65.2 Å². The van der Waals surface area contributed by atoms with E-state index in [1.165, 1.54) is 102 Å². The van der Waals surface area contributed by atoms with Crippen molar-refractivity contribution < 1.29 is 66.7 Å². The molecule has 96 heavy (non-hydrogen) atoms. The van der Waals surface area contributed by atoms with E-state index in [2.05, 4.69) is 37.2 Å². The summed E-state index contributed by atoms with van der Waals surface area (Å²) in [6.07, 6.45) is 3.09. The number of benzene rings is 2. The molecule has 2 aromatic carbocycles. The van der Waals surface area contributed by atoms with Crippen LogP contribution in [0.3, 0.4) is 0 Å². The normalized spacial score (nSPS) is 25.6. The second kappa shape index (κ2) is 35.5. The van der Waals surface area contributed by atoms with Gasteiger partial charge in [-0.25, -0.2) is 4.39 Å². The monoisotopic (exact) mass is 1410 g/mol. The molecule has 12 amide bonds. The number of piperidine rings is 1. The van der Waals surface area contributed by atoms with Crippen molar-refractivity contribution in [3.8, 4) is 5.75 Å². The SMILES string of the molecule is CCCC[C@@H]1NC(=O)[C@H](Cc2cc(F)cc(Br)c2)NC(=O)CN(C)C(=O)[C@H](Cc2ccc(OC)cc2)N(C)C(=O)[C@@H]2CCN2C(=O)[C@H](C)N(C)C(=O)[C@H]([C@@H](C)CC)NC(=O)[C@H](CC)N(C)C(=O)C[C@@H](C(=O)N2CCCCC2)N(C)C(=O)[C@H](CC(C)C)NC(=O)C(C)(C)N(C)C1=O. The second-order valence-corrected chi connectivity index (χ2v) is 27.9. The van der Waals surface area contributed by atoms with Crippen molar-refractivity contribution in [2.45, 2.75) is 206 Å². The molecule has 3 heterocycles. The molecule has 3 aliphatic rings. The van der Waals surface area contributed by atoms with E-state index in [0.717, 1.165) is 21.1 Å². The quantitative estimate of drug-likeness (QED) is 0.208. The molecular formula is C69H104BrFN12O13. The summed E-state index contributed by atoms with van der Waals surface area (Å²) in [6, 6.07) is -0.713. The third-order valence-corrected chi connectivity index (χ3v) is 19.7. The smallest absolute Gasteiger partial charge is 0.246 e. The molecule has 0 spiro atoms. The fourth-order valence-corrected chi connectivity index (χ4v) is 12.8. The summed E-state index contributed by atoms with van der Waals surface area (Å²) >= 11 is 3.30. The van der Waals surface area contributed by atoms with Crippen LogP contribution in [0.4, 0.5) is 4.39 Å². The zero-order valence-corrected chi connectivity index (χ0v) is 60.6. The fourth-order valence-electron chi connectivity index (χ4n) is 12.2. The zero-order chi connectivity index (χ0) is 71.8. The number of likely N-dealkylation sites (tertiary alicyclic amines) is 1. The average molecular weight is 1410 g/mol. The summed E-state index contributed by atoms with van der Waals surface area (Å²) < 4.78 is 20.7. The zero-order valence-electron chi connectivity index (χ0n) is 59.1. The number of fused-ring (bicyclic) bond motifs is 1. The number of amides is 12. The molecule has 0 unspecified atom stereocenters. The molecule has 3 aliphatic heterocycles. The molecule has 3 saturated heterocycles. The van der Waals surface area contributed by atoms with Gasteiger partial charge in [0.25, 0.3) is 0 Å². The molecule has 10 atom stereocenters. The van der Waals surface area contributed by atoms with Gasteiger partial charge in [0.05, 0.1) is 20.1 Å². The number of methoxy groups -OCH3 is 1. The van der Waals surface area contributed by atoms with Crippen molar-refractivity contribution in [2.75, 3.05) is 75.6 Å². The highest BCUT2D eigenvalue weighted by Gasteiger charge is 2.47. The predicted molar refractivity (Wildman–Crippen MR) is 363 cm³/mol. The summed E-state index contributed by atoms with van der Waals surface area (Å²) in [5.41, 5.74) is -0.860. The number of nitrogens with one attached hydrogen (secondary N) is 4. The van der Waals surface area contributed by atoms with Crippen molar-refractivity contribution >= 4 is 86.8 Å². The van der Waals surface area contributed by atoms with Gasteiger partial charge in [-0.3, -0.25) is 57.5 Å². The van der Waals surface area contributed by atoms with Crippen molar-refractivity contribution in [1.29, 1.82) is 0 Å². The predicted octanol–water partition coefficient (Wildman–Crippen LogP) is 4.05. The minimum absolute atomic E-state index is 0.0608. The number of likely N-dealkylation sites (N-methyl/N-ethyl adjacent to an activating group) is 6. The fraction of sp³-hybridized carbons (Fsp3) is 0.652. The highest BCUT2D eigenvalue weighted by atomic mass is 79.9. The van der Waals surface area contributed by atoms with Crippen LogP contribution >= 0.6 is 15.9 Å². The number of ether oxygens (including phenoxy) is 1. The van der Waals surface area contributed by atoms with Crippen molar-refractivity contribution in [3.05, 3.63) is 63.9 Å². The molecule has 0 bridgehead atoms. The van der Waals surface area contributed by atoms with Crippen LogP contribution < -0.4 is 26.0 Å². The maximum atomic E-state index is 15.1. The van der Waals surface area contributed by atoms with E-state index in [4.69, 9.17) is 4.74 Å². The first kappa shape index (κ1) is 79.0. The molecular weight excluding hydrogens is 1300 g/mol. The summed E-state index contributed by atoms with van der Waals surface area (Å²) in [7, 11) is 9.83. The van der Waals surface area contributed by atoms with Gasteiger partial charge in [0, 0.05) is 79.2 Å². The Kier molecular flexibility index (Phi) is 29.2. The summed E-state index contributed by atoms with van der Waals surface area (Å²) in [5.74, 6) is -9.14. The van der Waals surface area contributed by atoms with Gasteiger partial charge in [-0.1, -0.05) is 88.9 Å². The van der Waals surface area contributed by atoms with E-state index in [1.54, 1.807) is 49.1 Å². The van der Waals surface area contributed by atoms with Crippen molar-refractivity contribution in [1.82, 2.24) is 60.5 Å². The molecule has 2 aromatic rings. The molecule has 5 rings (SSSR count). The van der Waals surface area contributed by atoms with E-state index in [-0.39, 0.29) is 56.6 Å². The van der Waals surface area contributed by atoms with Gasteiger partial charge >= 0.3 is 0 Å². The van der Waals surface area contributed by atoms with Gasteiger partial charge in [-0.2, -0.15) is 0 Å². The van der Waals surface area contributed by atoms with Crippen LogP contribution in [0.5, 0.6) is 5.75 Å². The van der Waals surface area contributed by atoms with Gasteiger partial charge in [-0.05, 0) is 119 Å². The number of carbonyl (C=O) groups is 12. The second-order valence-electron chi connectivity index (χ2n) is 26.9. The van der Waals surface area contributed by atoms with E-state index >= 15 is 9.18 Å². The number of hydrogen-bond acceptors (Lipinski definition) is 13. The minimum Gasteiger partial charge on any atom is -0.497 e. The Hall–Kier alpha value is -7.71. The van der Waals surface area contributed by atoms with E-state index in [0.29, 0.717) is 61.0 Å². The Bertz CT molecular complexity index is 3110. The number of unbranched alkanes of at least 4 members (excludes halogenated alkanes) is 1. The first-order chi connectivity index (χ1) is 45.1. The van der Waals surface area contributed by atoms with Crippen LogP contribution in [0.2, 0.25) is 0 Å². The van der Waals surface area contributed by atoms with Crippen LogP contribution in [-0.2, 0) is 70.4 Å². The molecule has 0 aliphatic carbocycles. The summed E-state index contributed by atoms with van der Waals surface area (Å²) in [6.45, 7) is 15.4. The molecule has 4 N–H and O–H groups in total. The molecule has 25 nitrogen and oxygen atoms in total. The van der Waals surface area contributed by atoms with Crippen LogP contribution in [0.15, 0.2) is 46.9 Å². The number of halogens is 2. The highest BCUT2D eigenvalue weighted by Crippen LogP contribution is 2.27. The molecule has 3 fully saturated rings. The number of rotatable bonds is 14. The molecule has 0 saturated carbocycles. The van der Waals surface area contributed by atoms with Crippen LogP contribution in [0, 0.1) is 17.7 Å². The molecule has 0 aromatic heterocycles. The Morgan fingerprint density at radius 3 is 1.89 bits per heavy atom. The lowest BCUT2D eigenvalue weighted by Crippen LogP contribution is -2.65. The Labute approximate surface area is 574 Å². The average Bonchev–Trinajstić information content (AvgIpc) is 0.786. The first-order valence-electron chi connectivity index (χ1n) is 33.6. The topological polar surface area (TPSA) is 288 Å². The van der Waals surface area contributed by atoms with E-state index in [1.807, 2.05) is 27.7 Å². The Morgan fingerprint density at radius 2 is 1.32 bits per heavy atom. The summed E-state index contributed by atoms with van der Waals surface area (Å²) in [4.78, 5) is 187. The number of nitrogens with zero attached hydrogens (tertiary/aromatic N) is 8. The van der Waals surface area contributed by atoms with Crippen molar-refractivity contribution in [3.63, 3.8) is 0 Å². The van der Waals surface area contributed by atoms with Gasteiger partial charge in [0.1, 0.15) is 71.5 Å². The standard InChI is InChI=1S/C69H104BrFN12O13/c1-17-20-24-49-63(90)81(15)69(8,9)68(95)74-51(33-41(4)5)62(89)79(13)55(66(93)82-30-22-21-23-31-82)39-57(85)78(12)52(19-3)60(87)75-58(42(6)18-2)67(94)77(11)43(7)61(88)83-32-29-53(83)65(92)80(14)54(37-44-25-27-48(96-16)28-26-44)64(91)76(10)40-56(84)72-50(59(86)73-49)36-45-34-46(70)38-47(71)35-45/h25-28,34-35,38,41-43,49-55,58H,17-24,29-33,36-37,39-40H2,1-16H3,(H,72,84)(H,73,86)(H,74,95)(H,75,87)/t42-,43-,49-,50-,51-,52-,53-,54-,55-,58-/m0/s1. The van der Waals surface area contributed by atoms with Gasteiger partial charge in [-0.15, -0.1) is 0 Å². The Morgan fingerprint density at radius 1 is 0.677 bits per heavy atom. The van der Waals surface area contributed by atoms with Crippen LogP contribution in [-0.4, -0.2) is 246 Å². The lowest BCUT2D eigenvalue weighted by atomic mass is 9.95. The Balaban J connectivity index is 1.63. The largest absolute Gasteiger partial charge is 0.497 e. The number of carbonyl (C=O) groups excluding carboxylic acids is 12.